The van der Waals surface area contributed by atoms with E-state index in [4.69, 9.17) is 23.2 Å². The van der Waals surface area contributed by atoms with Gasteiger partial charge in [-0.1, -0.05) is 44.2 Å². The van der Waals surface area contributed by atoms with Gasteiger partial charge in [0.25, 0.3) is 0 Å². The summed E-state index contributed by atoms with van der Waals surface area (Å²) in [5.41, 5.74) is 1.41. The third kappa shape index (κ3) is 5.45. The average molecular weight is 205 g/mol. The summed E-state index contributed by atoms with van der Waals surface area (Å²) in [6.45, 7) is 4.41. The molecule has 0 bridgehead atoms. The van der Waals surface area contributed by atoms with Crippen molar-refractivity contribution in [3.05, 3.63) is 35.9 Å². The van der Waals surface area contributed by atoms with Crippen LogP contribution in [0.15, 0.2) is 30.3 Å². The lowest BCUT2D eigenvalue weighted by Crippen LogP contribution is -1.83. The Morgan fingerprint density at radius 3 is 1.75 bits per heavy atom. The smallest absolute Gasteiger partial charge is 0.0967 e. The van der Waals surface area contributed by atoms with Gasteiger partial charge in [-0.15, -0.1) is 23.2 Å². The van der Waals surface area contributed by atoms with Crippen molar-refractivity contribution < 1.29 is 0 Å². The molecule has 2 heteroatoms. The molecule has 12 heavy (non-hydrogen) atoms. The van der Waals surface area contributed by atoms with Crippen LogP contribution >= 0.6 is 23.2 Å². The van der Waals surface area contributed by atoms with Crippen LogP contribution in [0.2, 0.25) is 0 Å². The van der Waals surface area contributed by atoms with Crippen LogP contribution in [0.25, 0.3) is 0 Å². The van der Waals surface area contributed by atoms with Gasteiger partial charge >= 0.3 is 0 Å². The summed E-state index contributed by atoms with van der Waals surface area (Å²) in [7, 11) is 0. The second-order valence-corrected chi connectivity index (χ2v) is 3.47. The third-order valence-corrected chi connectivity index (χ3v) is 1.47. The third-order valence-electron chi connectivity index (χ3n) is 1.47. The number of hydrogen-bond acceptors (Lipinski definition) is 0. The highest BCUT2D eigenvalue weighted by Crippen LogP contribution is 2.11. The first kappa shape index (κ1) is 11.8. The van der Waals surface area contributed by atoms with E-state index in [1.807, 2.05) is 6.07 Å². The van der Waals surface area contributed by atoms with E-state index in [-0.39, 0.29) is 5.34 Å². The summed E-state index contributed by atoms with van der Waals surface area (Å²) in [5.74, 6) is 0.659. The number of rotatable bonds is 1. The Hall–Kier alpha value is -0.200. The topological polar surface area (TPSA) is 0 Å². The van der Waals surface area contributed by atoms with E-state index in [0.717, 1.165) is 0 Å². The summed E-state index contributed by atoms with van der Waals surface area (Å²) in [6.07, 6.45) is 0. The highest BCUT2D eigenvalue weighted by molar-refractivity contribution is 6.40. The zero-order chi connectivity index (χ0) is 9.40. The lowest BCUT2D eigenvalue weighted by molar-refractivity contribution is 0.867. The van der Waals surface area contributed by atoms with Crippen LogP contribution in [0.1, 0.15) is 25.3 Å². The first-order valence-corrected chi connectivity index (χ1v) is 4.96. The Labute approximate surface area is 84.5 Å². The summed E-state index contributed by atoms with van der Waals surface area (Å²) >= 11 is 9.53. The Balaban J connectivity index is 0.000000354. The van der Waals surface area contributed by atoms with E-state index < -0.39 is 0 Å². The van der Waals surface area contributed by atoms with Crippen LogP contribution in [0, 0.1) is 0 Å². The molecule has 68 valence electrons. The highest BCUT2D eigenvalue weighted by Gasteiger charge is 1.93. The highest BCUT2D eigenvalue weighted by atomic mass is 35.5. The maximum atomic E-state index is 4.76. The Morgan fingerprint density at radius 1 is 1.08 bits per heavy atom. The largest absolute Gasteiger partial charge is 0.109 e. The predicted molar refractivity (Wildman–Crippen MR) is 57.1 cm³/mol. The number of hydrogen-bond donors (Lipinski definition) is 0. The fraction of sp³-hybridized carbons (Fsp3) is 0.400. The molecule has 0 saturated heterocycles. The molecule has 0 amide bonds. The normalized spacial score (nSPS) is 9.08. The van der Waals surface area contributed by atoms with Gasteiger partial charge in [0, 0.05) is 0 Å². The van der Waals surface area contributed by atoms with Gasteiger partial charge in [-0.25, -0.2) is 0 Å². The van der Waals surface area contributed by atoms with Crippen LogP contribution in [0.4, 0.5) is 0 Å². The van der Waals surface area contributed by atoms with Gasteiger partial charge in [-0.2, -0.15) is 0 Å². The van der Waals surface area contributed by atoms with Crippen LogP contribution in [-0.2, 0) is 0 Å². The molecule has 0 aliphatic carbocycles. The molecule has 1 rings (SSSR count). The molecule has 1 aromatic carbocycles. The van der Waals surface area contributed by atoms with Gasteiger partial charge in [-0.05, 0) is 11.5 Å². The summed E-state index contributed by atoms with van der Waals surface area (Å²) in [6, 6.07) is 10.5. The van der Waals surface area contributed by atoms with Gasteiger partial charge in [0.2, 0.25) is 0 Å². The van der Waals surface area contributed by atoms with Crippen LogP contribution in [0.3, 0.4) is 0 Å². The molecular weight excluding hydrogens is 191 g/mol. The van der Waals surface area contributed by atoms with Crippen molar-refractivity contribution in [3.63, 3.8) is 0 Å². The van der Waals surface area contributed by atoms with Crippen molar-refractivity contribution in [2.75, 3.05) is 5.34 Å². The molecule has 0 N–H and O–H groups in total. The fourth-order valence-electron chi connectivity index (χ4n) is 0.838. The first-order valence-electron chi connectivity index (χ1n) is 3.89. The first-order chi connectivity index (χ1) is 5.72. The van der Waals surface area contributed by atoms with Crippen molar-refractivity contribution in [1.82, 2.24) is 0 Å². The monoisotopic (exact) mass is 204 g/mol. The Bertz CT molecular complexity index is 182. The maximum Gasteiger partial charge on any atom is 0.0967 e. The van der Waals surface area contributed by atoms with Gasteiger partial charge in [-0.3, -0.25) is 0 Å². The molecule has 0 aliphatic rings. The van der Waals surface area contributed by atoms with Crippen molar-refractivity contribution in [2.45, 2.75) is 19.8 Å². The van der Waals surface area contributed by atoms with E-state index in [0.29, 0.717) is 5.92 Å². The van der Waals surface area contributed by atoms with Crippen molar-refractivity contribution in [1.29, 1.82) is 0 Å². The van der Waals surface area contributed by atoms with Gasteiger partial charge in [0.1, 0.15) is 0 Å². The van der Waals surface area contributed by atoms with E-state index in [2.05, 4.69) is 38.1 Å². The summed E-state index contributed by atoms with van der Waals surface area (Å²) in [5, 5.41) is 0.194. The number of halogens is 2. The predicted octanol–water partition coefficient (Wildman–Crippen LogP) is 4.23. The lowest BCUT2D eigenvalue weighted by atomic mass is 10.0. The molecule has 0 saturated carbocycles. The SMILES string of the molecule is CC(C)c1ccccc1.ClCCl. The van der Waals surface area contributed by atoms with Crippen LogP contribution < -0.4 is 0 Å². The van der Waals surface area contributed by atoms with E-state index in [1.54, 1.807) is 0 Å². The molecule has 0 atom stereocenters. The minimum Gasteiger partial charge on any atom is -0.109 e. The van der Waals surface area contributed by atoms with Crippen molar-refractivity contribution in [2.24, 2.45) is 0 Å². The average Bonchev–Trinajstić information content (AvgIpc) is 2.07. The molecule has 0 aliphatic heterocycles. The van der Waals surface area contributed by atoms with E-state index in [1.165, 1.54) is 5.56 Å². The van der Waals surface area contributed by atoms with Crippen LogP contribution in [-0.4, -0.2) is 5.34 Å². The molecule has 1 aromatic rings. The molecule has 0 aromatic heterocycles. The standard InChI is InChI=1S/C9H12.CH2Cl2/c1-8(2)9-6-4-3-5-7-9;2-1-3/h3-8H,1-2H3;1H2. The minimum atomic E-state index is 0.194. The molecule has 0 radical (unpaired) electrons. The van der Waals surface area contributed by atoms with Crippen LogP contribution in [0.5, 0.6) is 0 Å². The quantitative estimate of drug-likeness (QED) is 0.601. The van der Waals surface area contributed by atoms with Gasteiger partial charge in [0.15, 0.2) is 0 Å². The molecule has 0 nitrogen and oxygen atoms in total. The molecular formula is C10H14Cl2. The van der Waals surface area contributed by atoms with Crippen molar-refractivity contribution >= 4 is 23.2 Å². The van der Waals surface area contributed by atoms with Gasteiger partial charge < -0.3 is 0 Å². The molecule has 0 fully saturated rings. The zero-order valence-electron chi connectivity index (χ0n) is 7.43. The van der Waals surface area contributed by atoms with Gasteiger partial charge in [0.05, 0.1) is 5.34 Å². The zero-order valence-corrected chi connectivity index (χ0v) is 8.94. The molecule has 0 unspecified atom stereocenters. The van der Waals surface area contributed by atoms with E-state index >= 15 is 0 Å². The minimum absolute atomic E-state index is 0.194. The molecule has 0 heterocycles. The Kier molecular flexibility index (Phi) is 7.33. The Morgan fingerprint density at radius 2 is 1.50 bits per heavy atom. The molecule has 0 spiro atoms. The number of alkyl halides is 2. The maximum absolute atomic E-state index is 4.76. The second kappa shape index (κ2) is 7.45. The summed E-state index contributed by atoms with van der Waals surface area (Å²) < 4.78 is 0. The van der Waals surface area contributed by atoms with E-state index in [9.17, 15) is 0 Å². The lowest BCUT2D eigenvalue weighted by Gasteiger charge is -2.01. The van der Waals surface area contributed by atoms with Crippen molar-refractivity contribution in [3.8, 4) is 0 Å². The number of benzene rings is 1. The fourth-order valence-corrected chi connectivity index (χ4v) is 0.838. The second-order valence-electron chi connectivity index (χ2n) is 2.67. The summed E-state index contributed by atoms with van der Waals surface area (Å²) in [4.78, 5) is 0.